The van der Waals surface area contributed by atoms with Crippen LogP contribution >= 0.6 is 0 Å². The van der Waals surface area contributed by atoms with Gasteiger partial charge >= 0.3 is 0 Å². The van der Waals surface area contributed by atoms with Crippen LogP contribution in [0.3, 0.4) is 0 Å². The molecular formula is C16H17FN4O. The van der Waals surface area contributed by atoms with E-state index in [2.05, 4.69) is 9.97 Å². The standard InChI is InChI=1S/C16H17FN4O/c1-12-13(10-18-11-19-12)16(22)21-8-6-20(7-9-21)15-5-3-2-4-14(15)17/h2-5,10-11H,6-9H2,1H3. The fourth-order valence-electron chi connectivity index (χ4n) is 2.63. The Labute approximate surface area is 128 Å². The Bertz CT molecular complexity index is 683. The molecule has 0 N–H and O–H groups in total. The van der Waals surface area contributed by atoms with Crippen molar-refractivity contribution in [1.82, 2.24) is 14.9 Å². The molecule has 1 saturated heterocycles. The molecule has 0 radical (unpaired) electrons. The van der Waals surface area contributed by atoms with Crippen LogP contribution in [0.2, 0.25) is 0 Å². The van der Waals surface area contributed by atoms with Gasteiger partial charge in [0.2, 0.25) is 0 Å². The maximum Gasteiger partial charge on any atom is 0.257 e. The maximum atomic E-state index is 13.8. The summed E-state index contributed by atoms with van der Waals surface area (Å²) < 4.78 is 13.8. The number of amides is 1. The fourth-order valence-corrected chi connectivity index (χ4v) is 2.63. The lowest BCUT2D eigenvalue weighted by atomic mass is 10.2. The van der Waals surface area contributed by atoms with Gasteiger partial charge in [-0.2, -0.15) is 0 Å². The molecule has 0 bridgehead atoms. The van der Waals surface area contributed by atoms with E-state index in [0.29, 0.717) is 43.1 Å². The van der Waals surface area contributed by atoms with Crippen LogP contribution in [0.15, 0.2) is 36.8 Å². The van der Waals surface area contributed by atoms with Gasteiger partial charge in [-0.3, -0.25) is 4.79 Å². The quantitative estimate of drug-likeness (QED) is 0.850. The molecule has 1 aliphatic heterocycles. The van der Waals surface area contributed by atoms with Gasteiger partial charge in [0, 0.05) is 32.4 Å². The molecule has 1 aromatic carbocycles. The van der Waals surface area contributed by atoms with Gasteiger partial charge in [0.1, 0.15) is 12.1 Å². The van der Waals surface area contributed by atoms with E-state index >= 15 is 0 Å². The van der Waals surface area contributed by atoms with Crippen molar-refractivity contribution >= 4 is 11.6 Å². The van der Waals surface area contributed by atoms with Gasteiger partial charge in [0.25, 0.3) is 5.91 Å². The Hall–Kier alpha value is -2.50. The van der Waals surface area contributed by atoms with Crippen LogP contribution in [0.1, 0.15) is 16.1 Å². The number of anilines is 1. The smallest absolute Gasteiger partial charge is 0.257 e. The van der Waals surface area contributed by atoms with Crippen molar-refractivity contribution in [3.05, 3.63) is 53.9 Å². The lowest BCUT2D eigenvalue weighted by Gasteiger charge is -2.36. The van der Waals surface area contributed by atoms with E-state index in [1.54, 1.807) is 30.2 Å². The van der Waals surface area contributed by atoms with Crippen LogP contribution in [0.25, 0.3) is 0 Å². The zero-order valence-corrected chi connectivity index (χ0v) is 12.4. The van der Waals surface area contributed by atoms with Crippen LogP contribution < -0.4 is 4.90 Å². The number of carbonyl (C=O) groups excluding carboxylic acids is 1. The van der Waals surface area contributed by atoms with Crippen molar-refractivity contribution in [2.24, 2.45) is 0 Å². The van der Waals surface area contributed by atoms with Crippen LogP contribution in [0, 0.1) is 12.7 Å². The van der Waals surface area contributed by atoms with Crippen molar-refractivity contribution in [3.8, 4) is 0 Å². The SMILES string of the molecule is Cc1ncncc1C(=O)N1CCN(c2ccccc2F)CC1. The number of nitrogens with zero attached hydrogens (tertiary/aromatic N) is 4. The van der Waals surface area contributed by atoms with Gasteiger partial charge in [0.15, 0.2) is 0 Å². The maximum absolute atomic E-state index is 13.8. The minimum Gasteiger partial charge on any atom is -0.366 e. The fraction of sp³-hybridized carbons (Fsp3) is 0.312. The second-order valence-electron chi connectivity index (χ2n) is 5.25. The molecule has 1 aromatic heterocycles. The molecule has 22 heavy (non-hydrogen) atoms. The molecule has 0 aliphatic carbocycles. The Morgan fingerprint density at radius 2 is 1.91 bits per heavy atom. The first kappa shape index (κ1) is 14.4. The van der Waals surface area contributed by atoms with Crippen molar-refractivity contribution in [2.75, 3.05) is 31.1 Å². The van der Waals surface area contributed by atoms with E-state index < -0.39 is 0 Å². The third kappa shape index (κ3) is 2.77. The second-order valence-corrected chi connectivity index (χ2v) is 5.25. The lowest BCUT2D eigenvalue weighted by molar-refractivity contribution is 0.0745. The highest BCUT2D eigenvalue weighted by Crippen LogP contribution is 2.20. The number of aromatic nitrogens is 2. The summed E-state index contributed by atoms with van der Waals surface area (Å²) in [6.45, 7) is 4.13. The highest BCUT2D eigenvalue weighted by molar-refractivity contribution is 5.95. The molecule has 2 aromatic rings. The lowest BCUT2D eigenvalue weighted by Crippen LogP contribution is -2.49. The van der Waals surface area contributed by atoms with Crippen molar-refractivity contribution < 1.29 is 9.18 Å². The first-order valence-corrected chi connectivity index (χ1v) is 7.22. The minimum atomic E-state index is -0.227. The van der Waals surface area contributed by atoms with Gasteiger partial charge in [-0.15, -0.1) is 0 Å². The predicted molar refractivity (Wildman–Crippen MR) is 81.3 cm³/mol. The summed E-state index contributed by atoms with van der Waals surface area (Å²) >= 11 is 0. The van der Waals surface area contributed by atoms with E-state index in [0.717, 1.165) is 0 Å². The number of carbonyl (C=O) groups is 1. The highest BCUT2D eigenvalue weighted by atomic mass is 19.1. The summed E-state index contributed by atoms with van der Waals surface area (Å²) in [6, 6.07) is 6.72. The van der Waals surface area contributed by atoms with Crippen LogP contribution in [0.5, 0.6) is 0 Å². The first-order valence-electron chi connectivity index (χ1n) is 7.22. The molecular weight excluding hydrogens is 283 g/mol. The van der Waals surface area contributed by atoms with Crippen LogP contribution in [-0.4, -0.2) is 47.0 Å². The molecule has 1 fully saturated rings. The zero-order valence-electron chi connectivity index (χ0n) is 12.4. The summed E-state index contributed by atoms with van der Waals surface area (Å²) in [5, 5.41) is 0. The molecule has 3 rings (SSSR count). The van der Waals surface area contributed by atoms with E-state index in [1.165, 1.54) is 12.4 Å². The molecule has 0 spiro atoms. The molecule has 6 heteroatoms. The number of hydrogen-bond donors (Lipinski definition) is 0. The summed E-state index contributed by atoms with van der Waals surface area (Å²) in [6.07, 6.45) is 2.98. The van der Waals surface area contributed by atoms with Crippen molar-refractivity contribution in [1.29, 1.82) is 0 Å². The number of halogens is 1. The summed E-state index contributed by atoms with van der Waals surface area (Å²) in [4.78, 5) is 24.2. The van der Waals surface area contributed by atoms with E-state index in [1.807, 2.05) is 11.0 Å². The molecule has 0 saturated carbocycles. The summed E-state index contributed by atoms with van der Waals surface area (Å²) in [5.41, 5.74) is 1.80. The Balaban J connectivity index is 1.68. The third-order valence-corrected chi connectivity index (χ3v) is 3.90. The molecule has 5 nitrogen and oxygen atoms in total. The Kier molecular flexibility index (Phi) is 4.00. The summed E-state index contributed by atoms with van der Waals surface area (Å²) in [7, 11) is 0. The van der Waals surface area contributed by atoms with Gasteiger partial charge in [0.05, 0.1) is 16.9 Å². The molecule has 0 unspecified atom stereocenters. The van der Waals surface area contributed by atoms with Gasteiger partial charge in [-0.25, -0.2) is 14.4 Å². The van der Waals surface area contributed by atoms with E-state index in [9.17, 15) is 9.18 Å². The highest BCUT2D eigenvalue weighted by Gasteiger charge is 2.24. The zero-order chi connectivity index (χ0) is 15.5. The number of para-hydroxylation sites is 1. The molecule has 114 valence electrons. The average Bonchev–Trinajstić information content (AvgIpc) is 2.55. The van der Waals surface area contributed by atoms with Gasteiger partial charge < -0.3 is 9.80 Å². The van der Waals surface area contributed by atoms with Crippen LogP contribution in [-0.2, 0) is 0 Å². The van der Waals surface area contributed by atoms with E-state index in [-0.39, 0.29) is 11.7 Å². The molecule has 1 aliphatic rings. The number of hydrogen-bond acceptors (Lipinski definition) is 4. The van der Waals surface area contributed by atoms with Crippen LogP contribution in [0.4, 0.5) is 10.1 Å². The number of aryl methyl sites for hydroxylation is 1. The largest absolute Gasteiger partial charge is 0.366 e. The molecule has 0 atom stereocenters. The third-order valence-electron chi connectivity index (χ3n) is 3.90. The Morgan fingerprint density at radius 1 is 1.18 bits per heavy atom. The average molecular weight is 300 g/mol. The number of rotatable bonds is 2. The van der Waals surface area contributed by atoms with E-state index in [4.69, 9.17) is 0 Å². The van der Waals surface area contributed by atoms with Gasteiger partial charge in [-0.05, 0) is 19.1 Å². The van der Waals surface area contributed by atoms with Crippen molar-refractivity contribution in [3.63, 3.8) is 0 Å². The molecule has 1 amide bonds. The summed E-state index contributed by atoms with van der Waals surface area (Å²) in [5.74, 6) is -0.291. The molecule has 2 heterocycles. The topological polar surface area (TPSA) is 49.3 Å². The number of piperazine rings is 1. The Morgan fingerprint density at radius 3 is 2.59 bits per heavy atom. The number of benzene rings is 1. The van der Waals surface area contributed by atoms with Gasteiger partial charge in [-0.1, -0.05) is 12.1 Å². The normalized spacial score (nSPS) is 15.0. The second kappa shape index (κ2) is 6.09. The van der Waals surface area contributed by atoms with Crippen molar-refractivity contribution in [2.45, 2.75) is 6.92 Å². The monoisotopic (exact) mass is 300 g/mol. The first-order chi connectivity index (χ1) is 10.7. The predicted octanol–water partition coefficient (Wildman–Crippen LogP) is 1.89. The minimum absolute atomic E-state index is 0.0636.